The second-order valence-electron chi connectivity index (χ2n) is 9.31. The van der Waals surface area contributed by atoms with Gasteiger partial charge in [0.05, 0.1) is 33.1 Å². The number of carbonyl (C=O) groups excluding carboxylic acids is 1. The summed E-state index contributed by atoms with van der Waals surface area (Å²) >= 11 is 0. The molecule has 0 amide bonds. The predicted molar refractivity (Wildman–Crippen MR) is 146 cm³/mol. The van der Waals surface area contributed by atoms with Crippen molar-refractivity contribution in [3.8, 4) is 28.5 Å². The Morgan fingerprint density at radius 3 is 2.50 bits per heavy atom. The van der Waals surface area contributed by atoms with Crippen LogP contribution in [0.5, 0.6) is 17.2 Å². The molecule has 0 saturated carbocycles. The molecule has 2 aromatic heterocycles. The van der Waals surface area contributed by atoms with E-state index in [9.17, 15) is 14.3 Å². The number of halogens is 1. The molecular formula is C30H32FN3O6. The molecule has 2 aromatic carbocycles. The average Bonchev–Trinajstić information content (AvgIpc) is 3.48. The first-order valence-electron chi connectivity index (χ1n) is 12.7. The summed E-state index contributed by atoms with van der Waals surface area (Å²) in [6.45, 7) is 1.65. The molecule has 4 rings (SSSR count). The lowest BCUT2D eigenvalue weighted by Gasteiger charge is -2.28. The highest BCUT2D eigenvalue weighted by molar-refractivity contribution is 5.96. The van der Waals surface area contributed by atoms with Gasteiger partial charge >= 0.3 is 0 Å². The Morgan fingerprint density at radius 1 is 1.05 bits per heavy atom. The van der Waals surface area contributed by atoms with Crippen LogP contribution in [-0.4, -0.2) is 58.2 Å². The first-order chi connectivity index (χ1) is 19.3. The van der Waals surface area contributed by atoms with Crippen LogP contribution in [0.2, 0.25) is 0 Å². The lowest BCUT2D eigenvalue weighted by molar-refractivity contribution is 0.00113. The number of Topliss-reactive ketones (excluding diaryl/α,β-unsaturated/α-hetero) is 1. The van der Waals surface area contributed by atoms with Crippen molar-refractivity contribution in [2.24, 2.45) is 0 Å². The van der Waals surface area contributed by atoms with Gasteiger partial charge in [0, 0.05) is 29.9 Å². The van der Waals surface area contributed by atoms with Crippen molar-refractivity contribution in [3.63, 3.8) is 0 Å². The number of nitrogens with zero attached hydrogens (tertiary/aromatic N) is 3. The van der Waals surface area contributed by atoms with Crippen LogP contribution in [0.25, 0.3) is 11.3 Å². The molecule has 0 aliphatic heterocycles. The maximum atomic E-state index is 14.0. The summed E-state index contributed by atoms with van der Waals surface area (Å²) in [7, 11) is 2.98. The molecule has 10 heteroatoms. The van der Waals surface area contributed by atoms with Gasteiger partial charge in [-0.1, -0.05) is 0 Å². The van der Waals surface area contributed by atoms with Crippen LogP contribution >= 0.6 is 0 Å². The standard InChI is InChI=1S/C30H32FN3O6/c1-20-17-22(5-7-23(20)31)29-26(38-2)9-10-28(33-29)30(37,19-34-14-4-13-32-34)12-11-24(36)21-6-8-25(40-16-15-35)27(18-21)39-3/h4-10,13-14,17-18,35,37H,11-12,15-16,19H2,1-3H3/t30-/m0/s1. The zero-order valence-corrected chi connectivity index (χ0v) is 22.6. The number of aliphatic hydroxyl groups is 2. The zero-order valence-electron chi connectivity index (χ0n) is 22.6. The maximum Gasteiger partial charge on any atom is 0.163 e. The highest BCUT2D eigenvalue weighted by Gasteiger charge is 2.34. The number of benzene rings is 2. The second-order valence-corrected chi connectivity index (χ2v) is 9.31. The maximum absolute atomic E-state index is 14.0. The van der Waals surface area contributed by atoms with E-state index in [1.54, 1.807) is 72.5 Å². The number of pyridine rings is 1. The molecule has 1 atom stereocenters. The number of hydrogen-bond donors (Lipinski definition) is 2. The summed E-state index contributed by atoms with van der Waals surface area (Å²) in [6, 6.07) is 14.5. The number of methoxy groups -OCH3 is 2. The third-order valence-corrected chi connectivity index (χ3v) is 6.57. The quantitative estimate of drug-likeness (QED) is 0.237. The summed E-state index contributed by atoms with van der Waals surface area (Å²) in [5, 5.41) is 25.2. The summed E-state index contributed by atoms with van der Waals surface area (Å²) in [5.41, 5.74) is 0.653. The molecule has 0 unspecified atom stereocenters. The first kappa shape index (κ1) is 28.7. The van der Waals surface area contributed by atoms with Gasteiger partial charge in [0.15, 0.2) is 17.3 Å². The minimum absolute atomic E-state index is 0.00351. The molecule has 9 nitrogen and oxygen atoms in total. The molecule has 0 spiro atoms. The first-order valence-corrected chi connectivity index (χ1v) is 12.7. The van der Waals surface area contributed by atoms with Gasteiger partial charge in [-0.15, -0.1) is 0 Å². The number of aliphatic hydroxyl groups excluding tert-OH is 1. The largest absolute Gasteiger partial charge is 0.494 e. The van der Waals surface area contributed by atoms with Crippen LogP contribution in [0.4, 0.5) is 4.39 Å². The number of aromatic nitrogens is 3. The van der Waals surface area contributed by atoms with E-state index in [4.69, 9.17) is 24.3 Å². The van der Waals surface area contributed by atoms with Gasteiger partial charge in [-0.2, -0.15) is 5.10 Å². The molecule has 210 valence electrons. The van der Waals surface area contributed by atoms with Crippen molar-refractivity contribution in [1.29, 1.82) is 0 Å². The number of ether oxygens (including phenoxy) is 3. The van der Waals surface area contributed by atoms with E-state index in [-0.39, 0.29) is 44.2 Å². The van der Waals surface area contributed by atoms with Crippen LogP contribution in [0.3, 0.4) is 0 Å². The highest BCUT2D eigenvalue weighted by atomic mass is 19.1. The van der Waals surface area contributed by atoms with Gasteiger partial charge in [-0.05, 0) is 73.5 Å². The van der Waals surface area contributed by atoms with Gasteiger partial charge in [-0.3, -0.25) is 9.48 Å². The number of ketones is 1. The highest BCUT2D eigenvalue weighted by Crippen LogP contribution is 2.35. The van der Waals surface area contributed by atoms with E-state index in [0.29, 0.717) is 45.3 Å². The van der Waals surface area contributed by atoms with Gasteiger partial charge in [0.2, 0.25) is 0 Å². The Hall–Kier alpha value is -4.28. The van der Waals surface area contributed by atoms with E-state index in [2.05, 4.69) is 5.10 Å². The van der Waals surface area contributed by atoms with E-state index in [0.717, 1.165) is 0 Å². The van der Waals surface area contributed by atoms with Crippen molar-refractivity contribution >= 4 is 5.78 Å². The Morgan fingerprint density at radius 2 is 1.82 bits per heavy atom. The third-order valence-electron chi connectivity index (χ3n) is 6.57. The van der Waals surface area contributed by atoms with Crippen molar-refractivity contribution < 1.29 is 33.6 Å². The molecule has 0 bridgehead atoms. The van der Waals surface area contributed by atoms with Crippen LogP contribution in [-0.2, 0) is 12.1 Å². The second kappa shape index (κ2) is 12.7. The average molecular weight is 550 g/mol. The van der Waals surface area contributed by atoms with Gasteiger partial charge in [0.25, 0.3) is 0 Å². The number of carbonyl (C=O) groups is 1. The minimum Gasteiger partial charge on any atom is -0.494 e. The summed E-state index contributed by atoms with van der Waals surface area (Å²) in [6.07, 6.45) is 3.36. The molecule has 0 aliphatic carbocycles. The van der Waals surface area contributed by atoms with Crippen molar-refractivity contribution in [3.05, 3.63) is 89.6 Å². The molecule has 0 aliphatic rings. The third kappa shape index (κ3) is 6.47. The van der Waals surface area contributed by atoms with E-state index < -0.39 is 5.60 Å². The van der Waals surface area contributed by atoms with Crippen molar-refractivity contribution in [1.82, 2.24) is 14.8 Å². The number of hydrogen-bond acceptors (Lipinski definition) is 8. The Kier molecular flexibility index (Phi) is 9.13. The minimum atomic E-state index is -1.58. The topological polar surface area (TPSA) is 116 Å². The smallest absolute Gasteiger partial charge is 0.163 e. The molecule has 2 heterocycles. The van der Waals surface area contributed by atoms with Crippen LogP contribution < -0.4 is 14.2 Å². The van der Waals surface area contributed by atoms with E-state index >= 15 is 0 Å². The number of rotatable bonds is 13. The van der Waals surface area contributed by atoms with Crippen LogP contribution in [0, 0.1) is 12.7 Å². The molecular weight excluding hydrogens is 517 g/mol. The monoisotopic (exact) mass is 549 g/mol. The zero-order chi connectivity index (χ0) is 28.7. The Balaban J connectivity index is 1.65. The predicted octanol–water partition coefficient (Wildman–Crippen LogP) is 4.33. The van der Waals surface area contributed by atoms with Gasteiger partial charge in [-0.25, -0.2) is 9.37 Å². The summed E-state index contributed by atoms with van der Waals surface area (Å²) in [4.78, 5) is 18.0. The fraction of sp³-hybridized carbons (Fsp3) is 0.300. The van der Waals surface area contributed by atoms with Gasteiger partial charge < -0.3 is 24.4 Å². The molecule has 40 heavy (non-hydrogen) atoms. The summed E-state index contributed by atoms with van der Waals surface area (Å²) in [5.74, 6) is 0.685. The Bertz CT molecular complexity index is 1460. The lowest BCUT2D eigenvalue weighted by Crippen LogP contribution is -2.33. The van der Waals surface area contributed by atoms with Gasteiger partial charge in [0.1, 0.15) is 29.5 Å². The fourth-order valence-corrected chi connectivity index (χ4v) is 4.40. The van der Waals surface area contributed by atoms with E-state index in [1.165, 1.54) is 20.3 Å². The normalized spacial score (nSPS) is 12.6. The molecule has 0 saturated heterocycles. The summed E-state index contributed by atoms with van der Waals surface area (Å²) < 4.78 is 31.8. The lowest BCUT2D eigenvalue weighted by atomic mass is 9.90. The molecule has 2 N–H and O–H groups in total. The van der Waals surface area contributed by atoms with E-state index in [1.807, 2.05) is 0 Å². The molecule has 4 aromatic rings. The van der Waals surface area contributed by atoms with Crippen molar-refractivity contribution in [2.75, 3.05) is 27.4 Å². The number of aryl methyl sites for hydroxylation is 1. The molecule has 0 fully saturated rings. The SMILES string of the molecule is COc1cc(C(=O)CC[C@](O)(Cn2cccn2)c2ccc(OC)c(-c3ccc(F)c(C)c3)n2)ccc1OCCO. The van der Waals surface area contributed by atoms with Crippen LogP contribution in [0.15, 0.2) is 67.0 Å². The fourth-order valence-electron chi connectivity index (χ4n) is 4.40. The van der Waals surface area contributed by atoms with Crippen LogP contribution in [0.1, 0.15) is 34.5 Å². The Labute approximate surface area is 231 Å². The van der Waals surface area contributed by atoms with Crippen molar-refractivity contribution in [2.45, 2.75) is 31.9 Å². The molecule has 0 radical (unpaired) electrons.